The molecule has 116 valence electrons. The van der Waals surface area contributed by atoms with Crippen LogP contribution in [-0.2, 0) is 4.79 Å². The second-order valence-corrected chi connectivity index (χ2v) is 2.87. The molecule has 19 heavy (non-hydrogen) atoms. The van der Waals surface area contributed by atoms with Crippen LogP contribution in [-0.4, -0.2) is 24.4 Å². The largest absolute Gasteiger partial charge is 0.335 e. The standard InChI is InChI=1S/C15H11NO.2CH4.9H2/c1-4-6-7-8-9-10-11-12-13-15(17)16(3)14-5-2;;;;;;;;;;;/h1H,5,14H2,2-3H3;2*1H4;9*1H. The lowest BCUT2D eigenvalue weighted by molar-refractivity contribution is -0.123. The average Bonchev–Trinajstić information content (AvgIpc) is 2.32. The summed E-state index contributed by atoms with van der Waals surface area (Å²) >= 11 is 0. The first-order valence-electron chi connectivity index (χ1n) is 4.94. The van der Waals surface area contributed by atoms with Gasteiger partial charge in [-0.1, -0.05) is 21.8 Å². The van der Waals surface area contributed by atoms with E-state index in [1.165, 1.54) is 0 Å². The molecule has 0 aliphatic carbocycles. The van der Waals surface area contributed by atoms with Gasteiger partial charge in [-0.25, -0.2) is 0 Å². The zero-order valence-corrected chi connectivity index (χ0v) is 9.85. The molecule has 0 atom stereocenters. The Balaban J connectivity index is -0.0000000233. The van der Waals surface area contributed by atoms with Crippen molar-refractivity contribution in [3.63, 3.8) is 0 Å². The maximum absolute atomic E-state index is 11.3. The summed E-state index contributed by atoms with van der Waals surface area (Å²) in [5.74, 6) is 21.2. The minimum atomic E-state index is -0.249. The molecule has 0 unspecified atom stereocenters. The van der Waals surface area contributed by atoms with Crippen LogP contribution in [0.5, 0.6) is 0 Å². The van der Waals surface area contributed by atoms with Crippen molar-refractivity contribution in [2.75, 3.05) is 13.6 Å². The summed E-state index contributed by atoms with van der Waals surface area (Å²) in [7, 11) is 1.70. The lowest BCUT2D eigenvalue weighted by Crippen LogP contribution is -2.25. The Morgan fingerprint density at radius 3 is 2.00 bits per heavy atom. The van der Waals surface area contributed by atoms with Gasteiger partial charge in [0.25, 0.3) is 5.91 Å². The molecule has 0 spiro atoms. The van der Waals surface area contributed by atoms with Crippen LogP contribution in [0.15, 0.2) is 0 Å². The third kappa shape index (κ3) is 13.2. The van der Waals surface area contributed by atoms with Gasteiger partial charge in [-0.15, -0.1) is 6.42 Å². The van der Waals surface area contributed by atoms with Crippen LogP contribution in [0.25, 0.3) is 0 Å². The molecule has 0 radical (unpaired) electrons. The number of hydrogen-bond donors (Lipinski definition) is 0. The molecule has 0 aromatic heterocycles. The number of rotatable bonds is 2. The van der Waals surface area contributed by atoms with Gasteiger partial charge >= 0.3 is 0 Å². The maximum atomic E-state index is 11.3. The van der Waals surface area contributed by atoms with Crippen LogP contribution in [0.3, 0.4) is 0 Å². The van der Waals surface area contributed by atoms with Crippen LogP contribution in [0, 0.1) is 59.7 Å². The molecule has 0 fully saturated rings. The highest BCUT2D eigenvalue weighted by atomic mass is 16.2. The minimum Gasteiger partial charge on any atom is -0.335 e. The van der Waals surface area contributed by atoms with Gasteiger partial charge in [-0.05, 0) is 53.8 Å². The van der Waals surface area contributed by atoms with Crippen LogP contribution in [0.1, 0.15) is 41.0 Å². The van der Waals surface area contributed by atoms with E-state index < -0.39 is 0 Å². The third-order valence-corrected chi connectivity index (χ3v) is 1.52. The van der Waals surface area contributed by atoms with Crippen molar-refractivity contribution < 1.29 is 17.6 Å². The molecule has 0 aliphatic rings. The van der Waals surface area contributed by atoms with Crippen molar-refractivity contribution in [3.05, 3.63) is 0 Å². The molecular weight excluding hydrogens is 234 g/mol. The fourth-order valence-electron chi connectivity index (χ4n) is 0.809. The van der Waals surface area contributed by atoms with Crippen molar-refractivity contribution in [2.45, 2.75) is 28.2 Å². The van der Waals surface area contributed by atoms with Crippen LogP contribution in [0.2, 0.25) is 0 Å². The van der Waals surface area contributed by atoms with E-state index in [4.69, 9.17) is 6.42 Å². The molecular formula is C17H37NO. The zero-order chi connectivity index (χ0) is 12.9. The van der Waals surface area contributed by atoms with Crippen molar-refractivity contribution in [2.24, 2.45) is 0 Å². The van der Waals surface area contributed by atoms with Gasteiger partial charge in [0.2, 0.25) is 0 Å². The highest BCUT2D eigenvalue weighted by molar-refractivity contribution is 5.93. The summed E-state index contributed by atoms with van der Waals surface area (Å²) in [4.78, 5) is 12.9. The number of nitrogens with zero attached hydrogens (tertiary/aromatic N) is 1. The predicted molar refractivity (Wildman–Crippen MR) is 100 cm³/mol. The summed E-state index contributed by atoms with van der Waals surface area (Å²) in [6.45, 7) is 2.67. The Labute approximate surface area is 131 Å². The molecule has 0 saturated heterocycles. The van der Waals surface area contributed by atoms with Crippen molar-refractivity contribution in [1.82, 2.24) is 4.90 Å². The summed E-state index contributed by atoms with van der Waals surface area (Å²) < 4.78 is 0. The molecule has 0 aliphatic heterocycles. The molecule has 0 aromatic carbocycles. The molecule has 0 N–H and O–H groups in total. The van der Waals surface area contributed by atoms with Gasteiger partial charge in [0, 0.05) is 32.4 Å². The smallest absolute Gasteiger partial charge is 0.299 e. The summed E-state index contributed by atoms with van der Waals surface area (Å²) in [5, 5.41) is 0. The van der Waals surface area contributed by atoms with E-state index in [1.54, 1.807) is 11.9 Å². The number of hydrogen-bond acceptors (Lipinski definition) is 1. The Kier molecular flexibility index (Phi) is 17.3. The molecule has 2 heteroatoms. The van der Waals surface area contributed by atoms with E-state index in [9.17, 15) is 4.79 Å². The fraction of sp³-hybridized carbons (Fsp3) is 0.353. The number of amides is 1. The van der Waals surface area contributed by atoms with Crippen molar-refractivity contribution >= 4 is 5.91 Å². The lowest BCUT2D eigenvalue weighted by atomic mass is 10.4. The molecule has 0 aromatic rings. The predicted octanol–water partition coefficient (Wildman–Crippen LogP) is 3.99. The van der Waals surface area contributed by atoms with Crippen LogP contribution in [0.4, 0.5) is 0 Å². The van der Waals surface area contributed by atoms with Gasteiger partial charge in [0.05, 0.1) is 0 Å². The molecule has 0 bridgehead atoms. The monoisotopic (exact) mass is 271 g/mol. The van der Waals surface area contributed by atoms with Gasteiger partial charge in [0.1, 0.15) is 0 Å². The van der Waals surface area contributed by atoms with E-state index in [-0.39, 0.29) is 33.6 Å². The first kappa shape index (κ1) is 21.5. The summed E-state index contributed by atoms with van der Waals surface area (Å²) in [6.07, 6.45) is 5.78. The highest BCUT2D eigenvalue weighted by Gasteiger charge is 2.01. The SMILES string of the molecule is C.C.C#CC#CC#CC#CC#CC(=O)N(C)CCC.[HH].[HH].[HH].[HH].[HH].[HH].[HH].[HH].[HH]. The Morgan fingerprint density at radius 2 is 1.53 bits per heavy atom. The number of carbonyl (C=O) groups is 1. The number of carbonyl (C=O) groups excluding carboxylic acids is 1. The topological polar surface area (TPSA) is 20.3 Å². The molecule has 2 nitrogen and oxygen atoms in total. The molecule has 0 rings (SSSR count). The van der Waals surface area contributed by atoms with E-state index >= 15 is 0 Å². The first-order valence-corrected chi connectivity index (χ1v) is 4.94. The van der Waals surface area contributed by atoms with Crippen LogP contribution < -0.4 is 0 Å². The van der Waals surface area contributed by atoms with Gasteiger partial charge in [-0.3, -0.25) is 4.79 Å². The van der Waals surface area contributed by atoms with Gasteiger partial charge in [0.15, 0.2) is 0 Å². The minimum absolute atomic E-state index is 0. The lowest BCUT2D eigenvalue weighted by Gasteiger charge is -2.10. The summed E-state index contributed by atoms with van der Waals surface area (Å²) in [6, 6.07) is 0. The second kappa shape index (κ2) is 15.3. The Morgan fingerprint density at radius 1 is 1.05 bits per heavy atom. The number of terminal acetylenes is 1. The normalized spacial score (nSPS) is 5.53. The molecule has 0 saturated carbocycles. The Hall–Kier alpha value is -2.73. The van der Waals surface area contributed by atoms with Crippen molar-refractivity contribution in [1.29, 1.82) is 0 Å². The van der Waals surface area contributed by atoms with Gasteiger partial charge < -0.3 is 4.90 Å². The highest BCUT2D eigenvalue weighted by Crippen LogP contribution is 1.85. The summed E-state index contributed by atoms with van der Waals surface area (Å²) in [5.41, 5.74) is 0. The van der Waals surface area contributed by atoms with E-state index in [1.807, 2.05) is 6.92 Å². The molecule has 1 amide bonds. The first-order chi connectivity index (χ1) is 8.22. The quantitative estimate of drug-likeness (QED) is 0.695. The van der Waals surface area contributed by atoms with E-state index in [2.05, 4.69) is 53.3 Å². The van der Waals surface area contributed by atoms with E-state index in [0.29, 0.717) is 6.54 Å². The average molecular weight is 271 g/mol. The fourth-order valence-corrected chi connectivity index (χ4v) is 0.809. The molecule has 0 heterocycles. The Bertz CT molecular complexity index is 573. The zero-order valence-electron chi connectivity index (χ0n) is 9.85. The van der Waals surface area contributed by atoms with Crippen molar-refractivity contribution in [3.8, 4) is 59.7 Å². The van der Waals surface area contributed by atoms with Gasteiger partial charge in [-0.2, -0.15) is 0 Å². The van der Waals surface area contributed by atoms with Crippen LogP contribution >= 0.6 is 0 Å². The van der Waals surface area contributed by atoms with E-state index in [0.717, 1.165) is 6.42 Å². The maximum Gasteiger partial charge on any atom is 0.299 e. The third-order valence-electron chi connectivity index (χ3n) is 1.52. The second-order valence-electron chi connectivity index (χ2n) is 2.87.